The number of nitrogens with one attached hydrogen (secondary N) is 1. The number of hydrogen-bond donors (Lipinski definition) is 2. The van der Waals surface area contributed by atoms with Crippen molar-refractivity contribution in [3.63, 3.8) is 0 Å². The molecule has 4 nitrogen and oxygen atoms in total. The van der Waals surface area contributed by atoms with E-state index in [-0.39, 0.29) is 0 Å². The number of rotatable bonds is 4. The summed E-state index contributed by atoms with van der Waals surface area (Å²) in [6.07, 6.45) is 2.51. The van der Waals surface area contributed by atoms with Crippen LogP contribution in [0.1, 0.15) is 23.2 Å². The number of hydrogen-bond acceptors (Lipinski definition) is 3. The van der Waals surface area contributed by atoms with Gasteiger partial charge in [-0.05, 0) is 66.5 Å². The third-order valence-electron chi connectivity index (χ3n) is 3.52. The van der Waals surface area contributed by atoms with Gasteiger partial charge >= 0.3 is 5.97 Å². The molecular formula is C14H19BrN2O2. The van der Waals surface area contributed by atoms with E-state index in [4.69, 9.17) is 5.11 Å². The number of carboxylic acids is 1. The standard InChI is InChI=1S/C14H19BrN2O2/c1-17-6-2-3-10(9-17)8-16-11-4-5-12(14(18)19)13(15)7-11/h4-5,7,10,16H,2-3,6,8-9H2,1H3,(H,18,19). The summed E-state index contributed by atoms with van der Waals surface area (Å²) < 4.78 is 0.616. The summed E-state index contributed by atoms with van der Waals surface area (Å²) in [6, 6.07) is 5.28. The van der Waals surface area contributed by atoms with Crippen LogP contribution in [0, 0.1) is 5.92 Å². The van der Waals surface area contributed by atoms with Gasteiger partial charge < -0.3 is 15.3 Å². The Morgan fingerprint density at radius 3 is 3.00 bits per heavy atom. The number of likely N-dealkylation sites (tertiary alicyclic amines) is 1. The minimum atomic E-state index is -0.910. The molecule has 1 aliphatic heterocycles. The summed E-state index contributed by atoms with van der Waals surface area (Å²) in [4.78, 5) is 13.3. The first kappa shape index (κ1) is 14.3. The molecule has 1 fully saturated rings. The molecule has 1 unspecified atom stereocenters. The largest absolute Gasteiger partial charge is 0.478 e. The maximum Gasteiger partial charge on any atom is 0.336 e. The number of piperidine rings is 1. The van der Waals surface area contributed by atoms with Gasteiger partial charge in [0.1, 0.15) is 0 Å². The van der Waals surface area contributed by atoms with E-state index in [9.17, 15) is 4.79 Å². The lowest BCUT2D eigenvalue weighted by Gasteiger charge is -2.30. The molecule has 5 heteroatoms. The van der Waals surface area contributed by atoms with Crippen LogP contribution in [0.3, 0.4) is 0 Å². The first-order chi connectivity index (χ1) is 9.06. The lowest BCUT2D eigenvalue weighted by molar-refractivity contribution is 0.0696. The van der Waals surface area contributed by atoms with Gasteiger partial charge in [0, 0.05) is 23.2 Å². The number of aromatic carboxylic acids is 1. The summed E-state index contributed by atoms with van der Waals surface area (Å²) in [7, 11) is 2.16. The van der Waals surface area contributed by atoms with E-state index in [0.717, 1.165) is 18.8 Å². The molecule has 1 aromatic carbocycles. The highest BCUT2D eigenvalue weighted by molar-refractivity contribution is 9.10. The Hall–Kier alpha value is -1.07. The molecule has 0 aromatic heterocycles. The van der Waals surface area contributed by atoms with E-state index >= 15 is 0 Å². The van der Waals surface area contributed by atoms with Crippen LogP contribution in [0.4, 0.5) is 5.69 Å². The second-order valence-corrected chi connectivity index (χ2v) is 6.01. The van der Waals surface area contributed by atoms with Crippen molar-refractivity contribution < 1.29 is 9.90 Å². The maximum atomic E-state index is 10.9. The van der Waals surface area contributed by atoms with Crippen molar-refractivity contribution in [2.45, 2.75) is 12.8 Å². The van der Waals surface area contributed by atoms with Crippen molar-refractivity contribution in [3.8, 4) is 0 Å². The van der Waals surface area contributed by atoms with Gasteiger partial charge in [-0.2, -0.15) is 0 Å². The van der Waals surface area contributed by atoms with E-state index in [2.05, 4.69) is 33.2 Å². The van der Waals surface area contributed by atoms with Gasteiger partial charge in [0.15, 0.2) is 0 Å². The van der Waals surface area contributed by atoms with E-state index in [1.165, 1.54) is 19.4 Å². The van der Waals surface area contributed by atoms with Crippen LogP contribution < -0.4 is 5.32 Å². The molecule has 0 radical (unpaired) electrons. The van der Waals surface area contributed by atoms with Gasteiger partial charge in [0.2, 0.25) is 0 Å². The second-order valence-electron chi connectivity index (χ2n) is 5.15. The van der Waals surface area contributed by atoms with Crippen molar-refractivity contribution in [2.24, 2.45) is 5.92 Å². The molecule has 1 heterocycles. The lowest BCUT2D eigenvalue weighted by Crippen LogP contribution is -2.35. The zero-order chi connectivity index (χ0) is 13.8. The molecule has 2 rings (SSSR count). The normalized spacial score (nSPS) is 20.2. The van der Waals surface area contributed by atoms with Gasteiger partial charge in [-0.15, -0.1) is 0 Å². The first-order valence-corrected chi connectivity index (χ1v) is 7.31. The Morgan fingerprint density at radius 1 is 1.58 bits per heavy atom. The summed E-state index contributed by atoms with van der Waals surface area (Å²) in [5, 5.41) is 12.4. The van der Waals surface area contributed by atoms with Crippen LogP contribution in [-0.2, 0) is 0 Å². The number of anilines is 1. The molecule has 1 aliphatic rings. The number of carboxylic acid groups (broad SMARTS) is 1. The van der Waals surface area contributed by atoms with Crippen molar-refractivity contribution in [2.75, 3.05) is 32.0 Å². The molecule has 1 aromatic rings. The topological polar surface area (TPSA) is 52.6 Å². The average Bonchev–Trinajstić information content (AvgIpc) is 2.36. The fraction of sp³-hybridized carbons (Fsp3) is 0.500. The monoisotopic (exact) mass is 326 g/mol. The minimum absolute atomic E-state index is 0.294. The van der Waals surface area contributed by atoms with Crippen LogP contribution >= 0.6 is 15.9 Å². The molecule has 0 bridgehead atoms. The lowest BCUT2D eigenvalue weighted by atomic mass is 9.98. The van der Waals surface area contributed by atoms with Gasteiger partial charge in [-0.3, -0.25) is 0 Å². The predicted molar refractivity (Wildman–Crippen MR) is 79.8 cm³/mol. The van der Waals surface area contributed by atoms with Crippen LogP contribution in [0.25, 0.3) is 0 Å². The van der Waals surface area contributed by atoms with E-state index < -0.39 is 5.97 Å². The number of benzene rings is 1. The number of nitrogens with zero attached hydrogens (tertiary/aromatic N) is 1. The van der Waals surface area contributed by atoms with Gasteiger partial charge in [-0.1, -0.05) is 0 Å². The summed E-state index contributed by atoms with van der Waals surface area (Å²) in [6.45, 7) is 3.25. The Balaban J connectivity index is 1.92. The molecule has 1 saturated heterocycles. The SMILES string of the molecule is CN1CCCC(CNc2ccc(C(=O)O)c(Br)c2)C1. The zero-order valence-corrected chi connectivity index (χ0v) is 12.6. The number of carbonyl (C=O) groups is 1. The van der Waals surface area contributed by atoms with Gasteiger partial charge in [0.25, 0.3) is 0 Å². The smallest absolute Gasteiger partial charge is 0.336 e. The van der Waals surface area contributed by atoms with E-state index in [1.807, 2.05) is 12.1 Å². The van der Waals surface area contributed by atoms with Crippen LogP contribution in [0.15, 0.2) is 22.7 Å². The summed E-state index contributed by atoms with van der Waals surface area (Å²) in [5.74, 6) is -0.246. The predicted octanol–water partition coefficient (Wildman–Crippen LogP) is 2.90. The van der Waals surface area contributed by atoms with E-state index in [1.54, 1.807) is 6.07 Å². The highest BCUT2D eigenvalue weighted by Crippen LogP contribution is 2.22. The Labute approximate surface area is 121 Å². The fourth-order valence-electron chi connectivity index (χ4n) is 2.50. The highest BCUT2D eigenvalue weighted by atomic mass is 79.9. The third kappa shape index (κ3) is 3.94. The van der Waals surface area contributed by atoms with Crippen LogP contribution in [0.2, 0.25) is 0 Å². The summed E-state index contributed by atoms with van der Waals surface area (Å²) >= 11 is 3.29. The summed E-state index contributed by atoms with van der Waals surface area (Å²) in [5.41, 5.74) is 1.26. The zero-order valence-electron chi connectivity index (χ0n) is 11.0. The minimum Gasteiger partial charge on any atom is -0.478 e. The molecule has 1 atom stereocenters. The maximum absolute atomic E-state index is 10.9. The van der Waals surface area contributed by atoms with E-state index in [0.29, 0.717) is 16.0 Å². The second kappa shape index (κ2) is 6.39. The van der Waals surface area contributed by atoms with Gasteiger partial charge in [-0.25, -0.2) is 4.79 Å². The quantitative estimate of drug-likeness (QED) is 0.893. The molecule has 19 heavy (non-hydrogen) atoms. The first-order valence-electron chi connectivity index (χ1n) is 6.51. The van der Waals surface area contributed by atoms with Gasteiger partial charge in [0.05, 0.1) is 5.56 Å². The Kier molecular flexibility index (Phi) is 4.82. The van der Waals surface area contributed by atoms with Crippen molar-refractivity contribution in [3.05, 3.63) is 28.2 Å². The van der Waals surface area contributed by atoms with Crippen molar-refractivity contribution in [1.29, 1.82) is 0 Å². The molecule has 0 amide bonds. The van der Waals surface area contributed by atoms with Crippen LogP contribution in [0.5, 0.6) is 0 Å². The van der Waals surface area contributed by atoms with Crippen molar-refractivity contribution in [1.82, 2.24) is 4.90 Å². The molecule has 0 saturated carbocycles. The van der Waals surface area contributed by atoms with Crippen LogP contribution in [-0.4, -0.2) is 42.7 Å². The molecule has 0 spiro atoms. The average molecular weight is 327 g/mol. The Morgan fingerprint density at radius 2 is 2.37 bits per heavy atom. The molecular weight excluding hydrogens is 308 g/mol. The molecule has 2 N–H and O–H groups in total. The highest BCUT2D eigenvalue weighted by Gasteiger charge is 2.17. The van der Waals surface area contributed by atoms with Crippen molar-refractivity contribution >= 4 is 27.6 Å². The molecule has 104 valence electrons. The molecule has 0 aliphatic carbocycles. The number of halogens is 1. The fourth-order valence-corrected chi connectivity index (χ4v) is 3.05. The Bertz CT molecular complexity index is 465. The third-order valence-corrected chi connectivity index (χ3v) is 4.17.